The molecule has 6 heteroatoms. The molecule has 0 fully saturated rings. The molecular weight excluding hydrogens is 376 g/mol. The van der Waals surface area contributed by atoms with Crippen LogP contribution in [-0.2, 0) is 6.54 Å². The molecule has 1 heterocycles. The maximum atomic E-state index is 6.20. The van der Waals surface area contributed by atoms with Crippen molar-refractivity contribution in [1.29, 1.82) is 0 Å². The molecule has 27 heavy (non-hydrogen) atoms. The van der Waals surface area contributed by atoms with Gasteiger partial charge in [0.05, 0.1) is 28.3 Å². The lowest BCUT2D eigenvalue weighted by atomic mass is 10.2. The number of para-hydroxylation sites is 3. The van der Waals surface area contributed by atoms with Gasteiger partial charge in [-0.1, -0.05) is 66.2 Å². The van der Waals surface area contributed by atoms with Gasteiger partial charge < -0.3 is 15.2 Å². The zero-order valence-electron chi connectivity index (χ0n) is 14.4. The lowest BCUT2D eigenvalue weighted by molar-refractivity contribution is 0.837. The molecule has 0 amide bonds. The third-order valence-electron chi connectivity index (χ3n) is 4.19. The zero-order chi connectivity index (χ0) is 18.6. The summed E-state index contributed by atoms with van der Waals surface area (Å²) in [6.45, 7) is 0.693. The van der Waals surface area contributed by atoms with Gasteiger partial charge in [0, 0.05) is 0 Å². The second-order valence-electron chi connectivity index (χ2n) is 6.05. The molecule has 0 spiro atoms. The Balaban J connectivity index is 1.63. The Bertz CT molecular complexity index is 1090. The predicted molar refractivity (Wildman–Crippen MR) is 117 cm³/mol. The standard InChI is InChI=1S/C21H17ClN4S/c22-16-10-4-5-11-17(16)24-21(27)25-20-23-18-12-6-7-13-19(18)26(20)14-15-8-2-1-3-9-15/h1-13H,14H2,(H2,23,24,25,27). The van der Waals surface area contributed by atoms with E-state index in [0.29, 0.717) is 22.6 Å². The van der Waals surface area contributed by atoms with Crippen LogP contribution in [0.3, 0.4) is 0 Å². The summed E-state index contributed by atoms with van der Waals surface area (Å²) < 4.78 is 2.12. The molecular formula is C21H17ClN4S. The molecule has 2 N–H and O–H groups in total. The lowest BCUT2D eigenvalue weighted by Crippen LogP contribution is -2.22. The number of halogens is 1. The minimum Gasteiger partial charge on any atom is -0.331 e. The quantitative estimate of drug-likeness (QED) is 0.447. The normalized spacial score (nSPS) is 10.7. The summed E-state index contributed by atoms with van der Waals surface area (Å²) in [5, 5.41) is 7.39. The Kier molecular flexibility index (Phi) is 5.05. The van der Waals surface area contributed by atoms with Crippen molar-refractivity contribution < 1.29 is 0 Å². The molecule has 1 aromatic heterocycles. The molecule has 0 bridgehead atoms. The molecule has 4 aromatic rings. The van der Waals surface area contributed by atoms with Gasteiger partial charge in [0.2, 0.25) is 5.95 Å². The zero-order valence-corrected chi connectivity index (χ0v) is 16.0. The number of fused-ring (bicyclic) bond motifs is 1. The summed E-state index contributed by atoms with van der Waals surface area (Å²) >= 11 is 11.7. The van der Waals surface area contributed by atoms with Gasteiger partial charge >= 0.3 is 0 Å². The number of thiocarbonyl (C=S) groups is 1. The summed E-state index contributed by atoms with van der Waals surface area (Å²) in [6, 6.07) is 25.8. The Labute approximate surface area is 167 Å². The second-order valence-corrected chi connectivity index (χ2v) is 6.87. The molecule has 0 aliphatic rings. The van der Waals surface area contributed by atoms with Crippen LogP contribution in [0.1, 0.15) is 5.56 Å². The Morgan fingerprint density at radius 1 is 0.889 bits per heavy atom. The van der Waals surface area contributed by atoms with E-state index in [1.807, 2.05) is 60.7 Å². The highest BCUT2D eigenvalue weighted by Gasteiger charge is 2.12. The molecule has 134 valence electrons. The first kappa shape index (κ1) is 17.5. The van der Waals surface area contributed by atoms with Gasteiger partial charge in [0.15, 0.2) is 5.11 Å². The molecule has 0 aliphatic heterocycles. The summed E-state index contributed by atoms with van der Waals surface area (Å²) in [7, 11) is 0. The van der Waals surface area contributed by atoms with Gasteiger partial charge in [-0.2, -0.15) is 0 Å². The first-order valence-electron chi connectivity index (χ1n) is 8.52. The molecule has 3 aromatic carbocycles. The van der Waals surface area contributed by atoms with Gasteiger partial charge in [-0.15, -0.1) is 0 Å². The van der Waals surface area contributed by atoms with Crippen molar-refractivity contribution in [2.45, 2.75) is 6.54 Å². The number of rotatable bonds is 4. The molecule has 0 atom stereocenters. The van der Waals surface area contributed by atoms with Gasteiger partial charge in [0.25, 0.3) is 0 Å². The summed E-state index contributed by atoms with van der Waals surface area (Å²) in [5.41, 5.74) is 3.90. The second kappa shape index (κ2) is 7.78. The van der Waals surface area contributed by atoms with Crippen LogP contribution >= 0.6 is 23.8 Å². The van der Waals surface area contributed by atoms with E-state index < -0.39 is 0 Å². The van der Waals surface area contributed by atoms with E-state index >= 15 is 0 Å². The van der Waals surface area contributed by atoms with Gasteiger partial charge in [-0.3, -0.25) is 0 Å². The number of anilines is 2. The van der Waals surface area contributed by atoms with Crippen molar-refractivity contribution in [2.24, 2.45) is 0 Å². The van der Waals surface area contributed by atoms with E-state index in [2.05, 4.69) is 33.4 Å². The first-order chi connectivity index (χ1) is 13.2. The Hall–Kier alpha value is -2.89. The highest BCUT2D eigenvalue weighted by molar-refractivity contribution is 7.80. The number of nitrogens with one attached hydrogen (secondary N) is 2. The molecule has 0 saturated heterocycles. The molecule has 0 aliphatic carbocycles. The lowest BCUT2D eigenvalue weighted by Gasteiger charge is -2.13. The van der Waals surface area contributed by atoms with Crippen molar-refractivity contribution in [2.75, 3.05) is 10.6 Å². The number of hydrogen-bond acceptors (Lipinski definition) is 2. The summed E-state index contributed by atoms with van der Waals surface area (Å²) in [4.78, 5) is 4.70. The summed E-state index contributed by atoms with van der Waals surface area (Å²) in [6.07, 6.45) is 0. The van der Waals surface area contributed by atoms with Gasteiger partial charge in [0.1, 0.15) is 0 Å². The van der Waals surface area contributed by atoms with Gasteiger partial charge in [-0.05, 0) is 42.0 Å². The van der Waals surface area contributed by atoms with E-state index in [1.54, 1.807) is 0 Å². The largest absolute Gasteiger partial charge is 0.331 e. The molecule has 0 radical (unpaired) electrons. The van der Waals surface area contributed by atoms with Crippen molar-refractivity contribution in [3.8, 4) is 0 Å². The number of hydrogen-bond donors (Lipinski definition) is 2. The van der Waals surface area contributed by atoms with Crippen molar-refractivity contribution in [3.63, 3.8) is 0 Å². The van der Waals surface area contributed by atoms with Crippen LogP contribution in [0.25, 0.3) is 11.0 Å². The maximum Gasteiger partial charge on any atom is 0.210 e. The Morgan fingerprint density at radius 3 is 2.41 bits per heavy atom. The monoisotopic (exact) mass is 392 g/mol. The number of imidazole rings is 1. The minimum atomic E-state index is 0.438. The number of nitrogens with zero attached hydrogens (tertiary/aromatic N) is 2. The summed E-state index contributed by atoms with van der Waals surface area (Å²) in [5.74, 6) is 0.685. The van der Waals surface area contributed by atoms with Crippen LogP contribution in [0.5, 0.6) is 0 Å². The van der Waals surface area contributed by atoms with Gasteiger partial charge in [-0.25, -0.2) is 4.98 Å². The third-order valence-corrected chi connectivity index (χ3v) is 4.72. The number of benzene rings is 3. The average Bonchev–Trinajstić information content (AvgIpc) is 3.01. The molecule has 0 saturated carbocycles. The SMILES string of the molecule is S=C(Nc1ccccc1Cl)Nc1nc2ccccc2n1Cc1ccccc1. The predicted octanol–water partition coefficient (Wildman–Crippen LogP) is 5.55. The van der Waals surface area contributed by atoms with Crippen molar-refractivity contribution in [3.05, 3.63) is 89.4 Å². The van der Waals surface area contributed by atoms with E-state index in [-0.39, 0.29) is 0 Å². The fourth-order valence-corrected chi connectivity index (χ4v) is 3.30. The first-order valence-corrected chi connectivity index (χ1v) is 9.31. The van der Waals surface area contributed by atoms with E-state index in [1.165, 1.54) is 5.56 Å². The third kappa shape index (κ3) is 3.94. The highest BCUT2D eigenvalue weighted by atomic mass is 35.5. The van der Waals surface area contributed by atoms with Crippen molar-refractivity contribution in [1.82, 2.24) is 9.55 Å². The molecule has 0 unspecified atom stereocenters. The van der Waals surface area contributed by atoms with E-state index in [4.69, 9.17) is 28.8 Å². The van der Waals surface area contributed by atoms with Crippen LogP contribution in [0, 0.1) is 0 Å². The van der Waals surface area contributed by atoms with Crippen LogP contribution in [0.15, 0.2) is 78.9 Å². The smallest absolute Gasteiger partial charge is 0.210 e. The molecule has 4 nitrogen and oxygen atoms in total. The Morgan fingerprint density at radius 2 is 1.59 bits per heavy atom. The van der Waals surface area contributed by atoms with Crippen LogP contribution in [0.2, 0.25) is 5.02 Å². The van der Waals surface area contributed by atoms with Crippen LogP contribution in [-0.4, -0.2) is 14.7 Å². The van der Waals surface area contributed by atoms with Crippen LogP contribution < -0.4 is 10.6 Å². The fourth-order valence-electron chi connectivity index (χ4n) is 2.91. The van der Waals surface area contributed by atoms with E-state index in [9.17, 15) is 0 Å². The average molecular weight is 393 g/mol. The minimum absolute atomic E-state index is 0.438. The number of aromatic nitrogens is 2. The van der Waals surface area contributed by atoms with Crippen LogP contribution in [0.4, 0.5) is 11.6 Å². The topological polar surface area (TPSA) is 41.9 Å². The highest BCUT2D eigenvalue weighted by Crippen LogP contribution is 2.23. The maximum absolute atomic E-state index is 6.20. The van der Waals surface area contributed by atoms with Crippen molar-refractivity contribution >= 4 is 51.6 Å². The van der Waals surface area contributed by atoms with E-state index in [0.717, 1.165) is 16.7 Å². The molecule has 4 rings (SSSR count). The fraction of sp³-hybridized carbons (Fsp3) is 0.0476.